The highest BCUT2D eigenvalue weighted by Gasteiger charge is 2.10. The summed E-state index contributed by atoms with van der Waals surface area (Å²) < 4.78 is 2.14. The van der Waals surface area contributed by atoms with Gasteiger partial charge in [0.1, 0.15) is 0 Å². The van der Waals surface area contributed by atoms with Gasteiger partial charge in [-0.3, -0.25) is 9.46 Å². The Morgan fingerprint density at radius 2 is 2.40 bits per heavy atom. The SMILES string of the molecule is NC(=O)CN1CCCCP1. The predicted octanol–water partition coefficient (Wildman–Crippen LogP) is 0.161. The van der Waals surface area contributed by atoms with Crippen molar-refractivity contribution in [3.05, 3.63) is 0 Å². The number of nitrogens with two attached hydrogens (primary N) is 1. The molecular formula is C6H13N2OP. The fourth-order valence-corrected chi connectivity index (χ4v) is 2.38. The third kappa shape index (κ3) is 2.63. The van der Waals surface area contributed by atoms with Crippen LogP contribution in [0.15, 0.2) is 0 Å². The Hall–Kier alpha value is -0.140. The Morgan fingerprint density at radius 3 is 2.90 bits per heavy atom. The smallest absolute Gasteiger partial charge is 0.231 e. The number of carbonyl (C=O) groups excluding carboxylic acids is 1. The summed E-state index contributed by atoms with van der Waals surface area (Å²) in [5.41, 5.74) is 5.05. The number of primary amides is 1. The molecule has 0 spiro atoms. The summed E-state index contributed by atoms with van der Waals surface area (Å²) in [6.07, 6.45) is 3.78. The molecule has 3 nitrogen and oxygen atoms in total. The summed E-state index contributed by atoms with van der Waals surface area (Å²) in [6, 6.07) is 0. The van der Waals surface area contributed by atoms with Crippen LogP contribution in [0.1, 0.15) is 12.8 Å². The second-order valence-electron chi connectivity index (χ2n) is 2.50. The number of nitrogens with zero attached hydrogens (tertiary/aromatic N) is 1. The molecule has 1 amide bonds. The van der Waals surface area contributed by atoms with Crippen molar-refractivity contribution in [3.8, 4) is 0 Å². The largest absolute Gasteiger partial charge is 0.369 e. The molecule has 0 aromatic carbocycles. The molecule has 1 aliphatic rings. The van der Waals surface area contributed by atoms with Crippen LogP contribution in [-0.4, -0.2) is 29.8 Å². The van der Waals surface area contributed by atoms with Crippen LogP contribution in [0.25, 0.3) is 0 Å². The molecule has 0 aromatic rings. The van der Waals surface area contributed by atoms with Gasteiger partial charge >= 0.3 is 0 Å². The molecule has 0 aromatic heterocycles. The molecule has 0 radical (unpaired) electrons. The van der Waals surface area contributed by atoms with E-state index in [1.54, 1.807) is 0 Å². The number of hydrogen-bond donors (Lipinski definition) is 1. The van der Waals surface area contributed by atoms with Gasteiger partial charge in [-0.15, -0.1) is 0 Å². The maximum atomic E-state index is 10.5. The normalized spacial score (nSPS) is 23.2. The van der Waals surface area contributed by atoms with Crippen LogP contribution in [0.5, 0.6) is 0 Å². The maximum absolute atomic E-state index is 10.5. The lowest BCUT2D eigenvalue weighted by Crippen LogP contribution is -2.30. The second kappa shape index (κ2) is 3.89. The van der Waals surface area contributed by atoms with Gasteiger partial charge < -0.3 is 5.73 Å². The Bertz CT molecular complexity index is 123. The van der Waals surface area contributed by atoms with Gasteiger partial charge in [0.25, 0.3) is 0 Å². The number of amides is 1. The lowest BCUT2D eigenvalue weighted by molar-refractivity contribution is -0.118. The molecule has 4 heteroatoms. The zero-order valence-corrected chi connectivity index (χ0v) is 6.97. The summed E-state index contributed by atoms with van der Waals surface area (Å²) in [5.74, 6) is -0.200. The van der Waals surface area contributed by atoms with Gasteiger partial charge in [-0.25, -0.2) is 0 Å². The van der Waals surface area contributed by atoms with Crippen LogP contribution in [0.4, 0.5) is 0 Å². The van der Waals surface area contributed by atoms with Crippen LogP contribution in [0.2, 0.25) is 0 Å². The summed E-state index contributed by atoms with van der Waals surface area (Å²) in [4.78, 5) is 10.5. The number of carbonyl (C=O) groups is 1. The van der Waals surface area contributed by atoms with Crippen molar-refractivity contribution in [1.29, 1.82) is 0 Å². The molecule has 1 heterocycles. The molecule has 1 aliphatic heterocycles. The highest BCUT2D eigenvalue weighted by atomic mass is 31.1. The molecule has 1 saturated heterocycles. The van der Waals surface area contributed by atoms with E-state index < -0.39 is 0 Å². The lowest BCUT2D eigenvalue weighted by Gasteiger charge is -2.24. The van der Waals surface area contributed by atoms with Crippen molar-refractivity contribution in [2.75, 3.05) is 19.3 Å². The first-order valence-electron chi connectivity index (χ1n) is 3.56. The van der Waals surface area contributed by atoms with Crippen LogP contribution in [0.3, 0.4) is 0 Å². The molecule has 0 saturated carbocycles. The lowest BCUT2D eigenvalue weighted by atomic mass is 10.3. The molecule has 0 bridgehead atoms. The topological polar surface area (TPSA) is 46.3 Å². The van der Waals surface area contributed by atoms with Crippen molar-refractivity contribution >= 4 is 14.6 Å². The molecular weight excluding hydrogens is 147 g/mol. The van der Waals surface area contributed by atoms with Gasteiger partial charge in [-0.2, -0.15) is 0 Å². The van der Waals surface area contributed by atoms with Gasteiger partial charge in [0, 0.05) is 6.54 Å². The summed E-state index contributed by atoms with van der Waals surface area (Å²) in [5, 5.41) is 0. The minimum atomic E-state index is -0.200. The zero-order valence-electron chi connectivity index (χ0n) is 5.97. The molecule has 10 heavy (non-hydrogen) atoms. The zero-order chi connectivity index (χ0) is 7.40. The van der Waals surface area contributed by atoms with E-state index in [0.29, 0.717) is 6.54 Å². The Labute approximate surface area is 62.8 Å². The molecule has 58 valence electrons. The second-order valence-corrected chi connectivity index (χ2v) is 3.95. The molecule has 1 rings (SSSR count). The summed E-state index contributed by atoms with van der Waals surface area (Å²) >= 11 is 0. The van der Waals surface area contributed by atoms with E-state index in [1.807, 2.05) is 0 Å². The van der Waals surface area contributed by atoms with E-state index in [1.165, 1.54) is 19.0 Å². The van der Waals surface area contributed by atoms with E-state index in [4.69, 9.17) is 5.73 Å². The van der Waals surface area contributed by atoms with Gasteiger partial charge in [0.2, 0.25) is 5.91 Å². The molecule has 2 N–H and O–H groups in total. The quantitative estimate of drug-likeness (QED) is 0.585. The Morgan fingerprint density at radius 1 is 1.60 bits per heavy atom. The standard InChI is InChI=1S/C6H13N2OP/c7-6(9)5-8-3-1-2-4-10-8/h10H,1-5H2,(H2,7,9). The van der Waals surface area contributed by atoms with E-state index in [-0.39, 0.29) is 5.91 Å². The molecule has 0 aliphatic carbocycles. The van der Waals surface area contributed by atoms with Crippen molar-refractivity contribution in [1.82, 2.24) is 4.67 Å². The fraction of sp³-hybridized carbons (Fsp3) is 0.833. The fourth-order valence-electron chi connectivity index (χ4n) is 1.07. The summed E-state index contributed by atoms with van der Waals surface area (Å²) in [6.45, 7) is 1.51. The van der Waals surface area contributed by atoms with Crippen LogP contribution in [-0.2, 0) is 4.79 Å². The van der Waals surface area contributed by atoms with Gasteiger partial charge in [0.15, 0.2) is 0 Å². The third-order valence-corrected chi connectivity index (χ3v) is 2.94. The Kier molecular flexibility index (Phi) is 3.10. The highest BCUT2D eigenvalue weighted by molar-refractivity contribution is 7.35. The van der Waals surface area contributed by atoms with E-state index in [9.17, 15) is 4.79 Å². The van der Waals surface area contributed by atoms with E-state index >= 15 is 0 Å². The maximum Gasteiger partial charge on any atom is 0.231 e. The monoisotopic (exact) mass is 160 g/mol. The molecule has 1 atom stereocenters. The molecule has 1 unspecified atom stereocenters. The minimum absolute atomic E-state index is 0.200. The number of hydrogen-bond acceptors (Lipinski definition) is 2. The van der Waals surface area contributed by atoms with Crippen molar-refractivity contribution in [3.63, 3.8) is 0 Å². The Balaban J connectivity index is 2.19. The van der Waals surface area contributed by atoms with Gasteiger partial charge in [-0.05, 0) is 19.0 Å². The summed E-state index contributed by atoms with van der Waals surface area (Å²) in [7, 11) is 0.818. The first-order chi connectivity index (χ1) is 4.79. The van der Waals surface area contributed by atoms with E-state index in [2.05, 4.69) is 4.67 Å². The van der Waals surface area contributed by atoms with Crippen LogP contribution < -0.4 is 5.73 Å². The van der Waals surface area contributed by atoms with Gasteiger partial charge in [-0.1, -0.05) is 8.73 Å². The highest BCUT2D eigenvalue weighted by Crippen LogP contribution is 2.24. The van der Waals surface area contributed by atoms with Crippen molar-refractivity contribution in [2.45, 2.75) is 12.8 Å². The molecule has 1 fully saturated rings. The van der Waals surface area contributed by atoms with Crippen molar-refractivity contribution < 1.29 is 4.79 Å². The van der Waals surface area contributed by atoms with Crippen molar-refractivity contribution in [2.24, 2.45) is 5.73 Å². The van der Waals surface area contributed by atoms with Crippen LogP contribution >= 0.6 is 8.73 Å². The first kappa shape index (κ1) is 7.96. The first-order valence-corrected chi connectivity index (χ1v) is 4.71. The van der Waals surface area contributed by atoms with Crippen LogP contribution in [0, 0.1) is 0 Å². The number of rotatable bonds is 2. The van der Waals surface area contributed by atoms with E-state index in [0.717, 1.165) is 15.3 Å². The third-order valence-electron chi connectivity index (χ3n) is 1.54. The predicted molar refractivity (Wildman–Crippen MR) is 43.2 cm³/mol. The van der Waals surface area contributed by atoms with Gasteiger partial charge in [0.05, 0.1) is 6.54 Å². The minimum Gasteiger partial charge on any atom is -0.369 e. The average Bonchev–Trinajstić information content (AvgIpc) is 1.88. The average molecular weight is 160 g/mol.